The number of piperidine rings is 1. The standard InChI is InChI=1S/C24H25F2N5O/c1-14-10-16(11-18-20(25)4-3-5-21(18)26)12-22(29-14)17-6-8-31(9-7-17)23(32)19-13-28-24(27)30-15(19)2/h3-5,10,12-13,17H,6-9,11H2,1-2H3,(H2,27,28,30). The van der Waals surface area contributed by atoms with Gasteiger partial charge in [-0.25, -0.2) is 18.7 Å². The summed E-state index contributed by atoms with van der Waals surface area (Å²) in [5.41, 5.74) is 9.20. The maximum Gasteiger partial charge on any atom is 0.257 e. The molecule has 1 aromatic carbocycles. The molecule has 4 rings (SSSR count). The molecule has 32 heavy (non-hydrogen) atoms. The number of aromatic nitrogens is 3. The predicted octanol–water partition coefficient (Wildman–Crippen LogP) is 3.96. The van der Waals surface area contributed by atoms with E-state index in [1.54, 1.807) is 11.8 Å². The molecule has 0 radical (unpaired) electrons. The van der Waals surface area contributed by atoms with E-state index >= 15 is 0 Å². The lowest BCUT2D eigenvalue weighted by atomic mass is 9.91. The van der Waals surface area contributed by atoms with Gasteiger partial charge in [-0.15, -0.1) is 0 Å². The van der Waals surface area contributed by atoms with Crippen molar-refractivity contribution in [3.05, 3.63) is 81.9 Å². The number of aryl methyl sites for hydroxylation is 2. The third-order valence-electron chi connectivity index (χ3n) is 5.90. The minimum atomic E-state index is -0.547. The van der Waals surface area contributed by atoms with Crippen molar-refractivity contribution in [3.8, 4) is 0 Å². The molecule has 0 bridgehead atoms. The molecule has 0 atom stereocenters. The van der Waals surface area contributed by atoms with Gasteiger partial charge in [0.1, 0.15) is 11.6 Å². The Morgan fingerprint density at radius 3 is 2.47 bits per heavy atom. The van der Waals surface area contributed by atoms with E-state index in [0.29, 0.717) is 24.3 Å². The van der Waals surface area contributed by atoms with Crippen molar-refractivity contribution >= 4 is 11.9 Å². The van der Waals surface area contributed by atoms with E-state index < -0.39 is 11.6 Å². The van der Waals surface area contributed by atoms with Crippen molar-refractivity contribution in [2.75, 3.05) is 18.8 Å². The Hall–Kier alpha value is -3.42. The van der Waals surface area contributed by atoms with Crippen LogP contribution in [0.5, 0.6) is 0 Å². The maximum absolute atomic E-state index is 14.1. The molecule has 0 unspecified atom stereocenters. The van der Waals surface area contributed by atoms with Crippen LogP contribution in [0.3, 0.4) is 0 Å². The number of nitrogens with two attached hydrogens (primary N) is 1. The number of likely N-dealkylation sites (tertiary alicyclic amines) is 1. The first-order valence-electron chi connectivity index (χ1n) is 10.6. The van der Waals surface area contributed by atoms with Crippen LogP contribution in [0, 0.1) is 25.5 Å². The highest BCUT2D eigenvalue weighted by atomic mass is 19.1. The number of carbonyl (C=O) groups excluding carboxylic acids is 1. The second kappa shape index (κ2) is 8.98. The number of anilines is 1. The number of pyridine rings is 1. The van der Waals surface area contributed by atoms with Crippen LogP contribution in [0.4, 0.5) is 14.7 Å². The van der Waals surface area contributed by atoms with E-state index in [-0.39, 0.29) is 29.8 Å². The highest BCUT2D eigenvalue weighted by Gasteiger charge is 2.27. The molecule has 2 N–H and O–H groups in total. The first-order chi connectivity index (χ1) is 15.3. The number of nitrogens with zero attached hydrogens (tertiary/aromatic N) is 4. The Morgan fingerprint density at radius 2 is 1.81 bits per heavy atom. The van der Waals surface area contributed by atoms with Crippen molar-refractivity contribution in [3.63, 3.8) is 0 Å². The van der Waals surface area contributed by atoms with Crippen molar-refractivity contribution in [2.24, 2.45) is 0 Å². The summed E-state index contributed by atoms with van der Waals surface area (Å²) in [5.74, 6) is -0.875. The zero-order valence-corrected chi connectivity index (χ0v) is 18.1. The Balaban J connectivity index is 1.47. The average Bonchev–Trinajstić information content (AvgIpc) is 2.76. The summed E-state index contributed by atoms with van der Waals surface area (Å²) in [7, 11) is 0. The van der Waals surface area contributed by atoms with Gasteiger partial charge in [0.05, 0.1) is 11.3 Å². The summed E-state index contributed by atoms with van der Waals surface area (Å²) >= 11 is 0. The molecule has 6 nitrogen and oxygen atoms in total. The van der Waals surface area contributed by atoms with E-state index in [9.17, 15) is 13.6 Å². The van der Waals surface area contributed by atoms with Gasteiger partial charge in [-0.3, -0.25) is 9.78 Å². The quantitative estimate of drug-likeness (QED) is 0.668. The molecule has 0 aliphatic carbocycles. The normalized spacial score (nSPS) is 14.6. The minimum Gasteiger partial charge on any atom is -0.368 e. The summed E-state index contributed by atoms with van der Waals surface area (Å²) in [6.45, 7) is 4.79. The van der Waals surface area contributed by atoms with Crippen LogP contribution < -0.4 is 5.73 Å². The predicted molar refractivity (Wildman–Crippen MR) is 117 cm³/mol. The molecule has 166 valence electrons. The van der Waals surface area contributed by atoms with Crippen LogP contribution in [0.1, 0.15) is 57.3 Å². The van der Waals surface area contributed by atoms with E-state index in [4.69, 9.17) is 5.73 Å². The van der Waals surface area contributed by atoms with Gasteiger partial charge in [0, 0.05) is 48.6 Å². The highest BCUT2D eigenvalue weighted by molar-refractivity contribution is 5.95. The number of carbonyl (C=O) groups is 1. The molecular formula is C24H25F2N5O. The smallest absolute Gasteiger partial charge is 0.257 e. The Bertz CT molecular complexity index is 1140. The fourth-order valence-electron chi connectivity index (χ4n) is 4.23. The lowest BCUT2D eigenvalue weighted by Gasteiger charge is -2.32. The number of benzene rings is 1. The van der Waals surface area contributed by atoms with Crippen LogP contribution in [0.15, 0.2) is 36.5 Å². The number of hydrogen-bond donors (Lipinski definition) is 1. The highest BCUT2D eigenvalue weighted by Crippen LogP contribution is 2.29. The molecule has 0 spiro atoms. The summed E-state index contributed by atoms with van der Waals surface area (Å²) in [6, 6.07) is 7.70. The van der Waals surface area contributed by atoms with E-state index in [1.807, 2.05) is 19.1 Å². The van der Waals surface area contributed by atoms with Crippen molar-refractivity contribution in [1.82, 2.24) is 19.9 Å². The zero-order valence-electron chi connectivity index (χ0n) is 18.1. The topological polar surface area (TPSA) is 85.0 Å². The number of amides is 1. The fourth-order valence-corrected chi connectivity index (χ4v) is 4.23. The van der Waals surface area contributed by atoms with E-state index in [1.165, 1.54) is 24.4 Å². The van der Waals surface area contributed by atoms with Gasteiger partial charge in [0.25, 0.3) is 5.91 Å². The summed E-state index contributed by atoms with van der Waals surface area (Å²) in [6.07, 6.45) is 3.15. The van der Waals surface area contributed by atoms with Gasteiger partial charge in [0.2, 0.25) is 5.95 Å². The van der Waals surface area contributed by atoms with Gasteiger partial charge in [-0.05, 0) is 56.5 Å². The summed E-state index contributed by atoms with van der Waals surface area (Å²) in [5, 5.41) is 0. The van der Waals surface area contributed by atoms with E-state index in [2.05, 4.69) is 15.0 Å². The largest absolute Gasteiger partial charge is 0.368 e. The molecule has 3 aromatic rings. The van der Waals surface area contributed by atoms with Gasteiger partial charge in [0.15, 0.2) is 0 Å². The molecule has 1 saturated heterocycles. The minimum absolute atomic E-state index is 0.0607. The molecule has 1 amide bonds. The van der Waals surface area contributed by atoms with Gasteiger partial charge in [-0.2, -0.15) is 0 Å². The summed E-state index contributed by atoms with van der Waals surface area (Å²) < 4.78 is 28.2. The third kappa shape index (κ3) is 4.59. The number of hydrogen-bond acceptors (Lipinski definition) is 5. The Labute approximate surface area is 185 Å². The van der Waals surface area contributed by atoms with Gasteiger partial charge in [-0.1, -0.05) is 6.07 Å². The van der Waals surface area contributed by atoms with Crippen LogP contribution in [-0.4, -0.2) is 38.8 Å². The Morgan fingerprint density at radius 1 is 1.12 bits per heavy atom. The molecule has 0 saturated carbocycles. The number of halogens is 2. The molecule has 1 aliphatic heterocycles. The Kier molecular flexibility index (Phi) is 6.12. The number of nitrogen functional groups attached to an aromatic ring is 1. The molecule has 2 aromatic heterocycles. The lowest BCUT2D eigenvalue weighted by molar-refractivity contribution is 0.0710. The second-order valence-electron chi connectivity index (χ2n) is 8.21. The van der Waals surface area contributed by atoms with Crippen molar-refractivity contribution < 1.29 is 13.6 Å². The molecular weight excluding hydrogens is 412 g/mol. The zero-order chi connectivity index (χ0) is 22.8. The monoisotopic (exact) mass is 437 g/mol. The SMILES string of the molecule is Cc1cc(Cc2c(F)cccc2F)cc(C2CCN(C(=O)c3cnc(N)nc3C)CC2)n1. The van der Waals surface area contributed by atoms with Gasteiger partial charge >= 0.3 is 0 Å². The summed E-state index contributed by atoms with van der Waals surface area (Å²) in [4.78, 5) is 27.3. The maximum atomic E-state index is 14.1. The first kappa shape index (κ1) is 21.8. The molecule has 3 heterocycles. The van der Waals surface area contributed by atoms with E-state index in [0.717, 1.165) is 29.8 Å². The van der Waals surface area contributed by atoms with Crippen molar-refractivity contribution in [2.45, 2.75) is 39.0 Å². The fraction of sp³-hybridized carbons (Fsp3) is 0.333. The van der Waals surface area contributed by atoms with Crippen LogP contribution >= 0.6 is 0 Å². The third-order valence-corrected chi connectivity index (χ3v) is 5.90. The van der Waals surface area contributed by atoms with Crippen LogP contribution in [-0.2, 0) is 6.42 Å². The first-order valence-corrected chi connectivity index (χ1v) is 10.6. The van der Waals surface area contributed by atoms with Crippen LogP contribution in [0.25, 0.3) is 0 Å². The molecule has 8 heteroatoms. The lowest BCUT2D eigenvalue weighted by Crippen LogP contribution is -2.38. The molecule has 1 fully saturated rings. The average molecular weight is 437 g/mol. The van der Waals surface area contributed by atoms with Crippen LogP contribution in [0.2, 0.25) is 0 Å². The molecule has 1 aliphatic rings. The second-order valence-corrected chi connectivity index (χ2v) is 8.21. The van der Waals surface area contributed by atoms with Gasteiger partial charge < -0.3 is 10.6 Å². The van der Waals surface area contributed by atoms with Crippen molar-refractivity contribution in [1.29, 1.82) is 0 Å². The number of rotatable bonds is 4.